The number of rotatable bonds is 6. The van der Waals surface area contributed by atoms with E-state index in [-0.39, 0.29) is 22.2 Å². The number of anilines is 3. The molecule has 2 aromatic heterocycles. The largest absolute Gasteiger partial charge is 0.573 e. The zero-order chi connectivity index (χ0) is 25.0. The Morgan fingerprint density at radius 3 is 2.41 bits per heavy atom. The van der Waals surface area contributed by atoms with Crippen LogP contribution in [0.5, 0.6) is 11.6 Å². The van der Waals surface area contributed by atoms with E-state index in [0.717, 1.165) is 6.07 Å². The highest BCUT2D eigenvalue weighted by Gasteiger charge is 2.31. The van der Waals surface area contributed by atoms with Gasteiger partial charge in [0.15, 0.2) is 0 Å². The van der Waals surface area contributed by atoms with E-state index in [9.17, 15) is 18.0 Å². The smallest absolute Gasteiger partial charge is 0.481 e. The lowest BCUT2D eigenvalue weighted by Crippen LogP contribution is -2.17. The minimum absolute atomic E-state index is 0.00244. The summed E-state index contributed by atoms with van der Waals surface area (Å²) in [6, 6.07) is 8.08. The molecule has 0 aliphatic carbocycles. The van der Waals surface area contributed by atoms with E-state index < -0.39 is 18.0 Å². The number of pyridine rings is 2. The maximum Gasteiger partial charge on any atom is 0.573 e. The summed E-state index contributed by atoms with van der Waals surface area (Å²) in [7, 11) is 1.47. The Balaban J connectivity index is 1.95. The normalized spacial score (nSPS) is 10.9. The van der Waals surface area contributed by atoms with E-state index in [1.54, 1.807) is 26.0 Å². The number of nitrogens with zero attached hydrogens (tertiary/aromatic N) is 3. The number of aromatic nitrogens is 2. The molecule has 0 fully saturated rings. The van der Waals surface area contributed by atoms with Crippen molar-refractivity contribution in [1.82, 2.24) is 9.97 Å². The van der Waals surface area contributed by atoms with E-state index in [4.69, 9.17) is 22.9 Å². The van der Waals surface area contributed by atoms with Gasteiger partial charge < -0.3 is 25.0 Å². The zero-order valence-electron chi connectivity index (χ0n) is 18.0. The van der Waals surface area contributed by atoms with Gasteiger partial charge >= 0.3 is 6.36 Å². The number of benzene rings is 1. The standard InChI is InChI=1S/C22H17ClF3N5O3/c1-11-9-13(34-22(24,25)26)5-6-16(11)29-19-14(10-15(23)20(27-3)31-19)21(32)30-17-7-8-18(33-4)28-12(17)2/h5-10H,1-2,4H3,(H,29,31)(H,30,32). The molecule has 8 nitrogen and oxygen atoms in total. The van der Waals surface area contributed by atoms with Crippen LogP contribution in [-0.2, 0) is 0 Å². The Morgan fingerprint density at radius 1 is 1.12 bits per heavy atom. The van der Waals surface area contributed by atoms with Crippen molar-refractivity contribution in [3.05, 3.63) is 69.7 Å². The minimum Gasteiger partial charge on any atom is -0.481 e. The molecule has 12 heteroatoms. The molecule has 176 valence electrons. The Kier molecular flexibility index (Phi) is 7.12. The number of ether oxygens (including phenoxy) is 2. The fraction of sp³-hybridized carbons (Fsp3) is 0.182. The van der Waals surface area contributed by atoms with Crippen LogP contribution < -0.4 is 20.1 Å². The van der Waals surface area contributed by atoms with Gasteiger partial charge in [-0.2, -0.15) is 0 Å². The second kappa shape index (κ2) is 9.84. The van der Waals surface area contributed by atoms with Crippen molar-refractivity contribution in [2.24, 2.45) is 0 Å². The lowest BCUT2D eigenvalue weighted by atomic mass is 10.1. The number of halogens is 4. The van der Waals surface area contributed by atoms with Crippen molar-refractivity contribution in [3.63, 3.8) is 0 Å². The molecule has 0 aliphatic heterocycles. The molecule has 3 rings (SSSR count). The van der Waals surface area contributed by atoms with Crippen molar-refractivity contribution in [2.45, 2.75) is 20.2 Å². The molecule has 2 N–H and O–H groups in total. The number of nitrogens with one attached hydrogen (secondary N) is 2. The fourth-order valence-electron chi connectivity index (χ4n) is 2.90. The predicted octanol–water partition coefficient (Wildman–Crippen LogP) is 6.20. The molecule has 0 saturated carbocycles. The van der Waals surface area contributed by atoms with Crippen molar-refractivity contribution >= 4 is 40.5 Å². The monoisotopic (exact) mass is 491 g/mol. The molecule has 2 heterocycles. The molecular formula is C22H17ClF3N5O3. The van der Waals surface area contributed by atoms with Gasteiger partial charge in [0.1, 0.15) is 11.3 Å². The third kappa shape index (κ3) is 5.85. The summed E-state index contributed by atoms with van der Waals surface area (Å²) < 4.78 is 46.4. The van der Waals surface area contributed by atoms with Gasteiger partial charge in [-0.25, -0.2) is 4.98 Å². The summed E-state index contributed by atoms with van der Waals surface area (Å²) in [5.41, 5.74) is 1.63. The SMILES string of the molecule is [C-]#[N+]c1nc(Nc2ccc(OC(F)(F)F)cc2C)c(C(=O)Nc2ccc(OC)nc2C)cc1Cl. The molecular weight excluding hydrogens is 475 g/mol. The summed E-state index contributed by atoms with van der Waals surface area (Å²) >= 11 is 6.10. The van der Waals surface area contributed by atoms with Gasteiger partial charge in [-0.05, 0) is 49.7 Å². The van der Waals surface area contributed by atoms with Crippen molar-refractivity contribution in [1.29, 1.82) is 0 Å². The van der Waals surface area contributed by atoms with E-state index >= 15 is 0 Å². The van der Waals surface area contributed by atoms with Crippen LogP contribution in [0.4, 0.5) is 36.2 Å². The van der Waals surface area contributed by atoms with Gasteiger partial charge in [-0.15, -0.1) is 13.2 Å². The predicted molar refractivity (Wildman–Crippen MR) is 120 cm³/mol. The second-order valence-corrected chi connectivity index (χ2v) is 7.30. The van der Waals surface area contributed by atoms with E-state index in [2.05, 4.69) is 30.2 Å². The highest BCUT2D eigenvalue weighted by molar-refractivity contribution is 6.33. The molecule has 34 heavy (non-hydrogen) atoms. The molecule has 3 aromatic rings. The molecule has 0 aliphatic rings. The first-order valence-electron chi connectivity index (χ1n) is 9.55. The minimum atomic E-state index is -4.83. The second-order valence-electron chi connectivity index (χ2n) is 6.89. The lowest BCUT2D eigenvalue weighted by molar-refractivity contribution is -0.274. The number of carbonyl (C=O) groups excluding carboxylic acids is 1. The first kappa shape index (κ1) is 24.6. The molecule has 0 bridgehead atoms. The van der Waals surface area contributed by atoms with Gasteiger partial charge in [0.2, 0.25) is 11.7 Å². The molecule has 0 radical (unpaired) electrons. The summed E-state index contributed by atoms with van der Waals surface area (Å²) in [5, 5.41) is 5.55. The van der Waals surface area contributed by atoms with Crippen LogP contribution in [0.2, 0.25) is 5.02 Å². The summed E-state index contributed by atoms with van der Waals surface area (Å²) in [6.07, 6.45) is -4.83. The van der Waals surface area contributed by atoms with Gasteiger partial charge in [0.05, 0.1) is 23.5 Å². The summed E-state index contributed by atoms with van der Waals surface area (Å²) in [6.45, 7) is 10.5. The Labute approximate surface area is 197 Å². The van der Waals surface area contributed by atoms with E-state index in [1.165, 1.54) is 25.3 Å². The topological polar surface area (TPSA) is 89.7 Å². The van der Waals surface area contributed by atoms with Crippen molar-refractivity contribution < 1.29 is 27.4 Å². The zero-order valence-corrected chi connectivity index (χ0v) is 18.8. The van der Waals surface area contributed by atoms with Crippen LogP contribution in [0.3, 0.4) is 0 Å². The van der Waals surface area contributed by atoms with Crippen LogP contribution in [0.15, 0.2) is 36.4 Å². The van der Waals surface area contributed by atoms with Crippen molar-refractivity contribution in [2.75, 3.05) is 17.7 Å². The Morgan fingerprint density at radius 2 is 1.82 bits per heavy atom. The summed E-state index contributed by atoms with van der Waals surface area (Å²) in [5.74, 6) is -0.796. The quantitative estimate of drug-likeness (QED) is 0.399. The highest BCUT2D eigenvalue weighted by atomic mass is 35.5. The van der Waals surface area contributed by atoms with Crippen LogP contribution >= 0.6 is 11.6 Å². The van der Waals surface area contributed by atoms with Crippen LogP contribution in [-0.4, -0.2) is 29.3 Å². The highest BCUT2D eigenvalue weighted by Crippen LogP contribution is 2.33. The number of hydrogen-bond acceptors (Lipinski definition) is 6. The number of hydrogen-bond donors (Lipinski definition) is 2. The Hall–Kier alpha value is -4.04. The molecule has 0 saturated heterocycles. The molecule has 1 aromatic carbocycles. The first-order chi connectivity index (χ1) is 16.0. The molecule has 0 atom stereocenters. The van der Waals surface area contributed by atoms with E-state index in [0.29, 0.717) is 28.5 Å². The number of methoxy groups -OCH3 is 1. The number of alkyl halides is 3. The Bertz CT molecular complexity index is 1290. The molecule has 0 unspecified atom stereocenters. The van der Waals surface area contributed by atoms with Gasteiger partial charge in [-0.3, -0.25) is 4.79 Å². The van der Waals surface area contributed by atoms with E-state index in [1.807, 2.05) is 0 Å². The van der Waals surface area contributed by atoms with Crippen LogP contribution in [0.25, 0.3) is 4.85 Å². The third-order valence-corrected chi connectivity index (χ3v) is 4.79. The fourth-order valence-corrected chi connectivity index (χ4v) is 3.09. The average Bonchev–Trinajstić information content (AvgIpc) is 2.76. The number of aryl methyl sites for hydroxylation is 2. The van der Waals surface area contributed by atoms with Gasteiger partial charge in [0.25, 0.3) is 11.7 Å². The van der Waals surface area contributed by atoms with Crippen LogP contribution in [0.1, 0.15) is 21.6 Å². The van der Waals surface area contributed by atoms with Gasteiger partial charge in [-0.1, -0.05) is 23.2 Å². The van der Waals surface area contributed by atoms with Crippen molar-refractivity contribution in [3.8, 4) is 11.6 Å². The first-order valence-corrected chi connectivity index (χ1v) is 9.93. The van der Waals surface area contributed by atoms with Gasteiger partial charge in [0, 0.05) is 11.8 Å². The maximum atomic E-state index is 13.0. The maximum absolute atomic E-state index is 13.0. The van der Waals surface area contributed by atoms with Crippen LogP contribution in [0, 0.1) is 20.4 Å². The number of carbonyl (C=O) groups is 1. The summed E-state index contributed by atoms with van der Waals surface area (Å²) in [4.78, 5) is 24.6. The molecule has 1 amide bonds. The molecule has 0 spiro atoms. The lowest BCUT2D eigenvalue weighted by Gasteiger charge is -2.14. The number of amides is 1. The average molecular weight is 492 g/mol. The third-order valence-electron chi connectivity index (χ3n) is 4.51.